The topological polar surface area (TPSA) is 43.3 Å². The Labute approximate surface area is 181 Å². The zero-order valence-corrected chi connectivity index (χ0v) is 17.9. The fraction of sp³-hybridized carbons (Fsp3) is 0.240. The second-order valence-corrected chi connectivity index (χ2v) is 8.31. The number of para-hydroxylation sites is 1. The highest BCUT2D eigenvalue weighted by Gasteiger charge is 2.23. The highest BCUT2D eigenvalue weighted by molar-refractivity contribution is 7.10. The summed E-state index contributed by atoms with van der Waals surface area (Å²) < 4.78 is 7.35. The Morgan fingerprint density at radius 2 is 1.87 bits per heavy atom. The van der Waals surface area contributed by atoms with Crippen molar-refractivity contribution in [3.63, 3.8) is 0 Å². The van der Waals surface area contributed by atoms with Crippen LogP contribution in [0.5, 0.6) is 0 Å². The largest absolute Gasteiger partial charge is 0.383 e. The van der Waals surface area contributed by atoms with E-state index in [2.05, 4.69) is 82.1 Å². The quantitative estimate of drug-likeness (QED) is 0.387. The number of aromatic nitrogens is 1. The van der Waals surface area contributed by atoms with Crippen molar-refractivity contribution in [2.45, 2.75) is 18.9 Å². The van der Waals surface area contributed by atoms with Crippen LogP contribution in [-0.4, -0.2) is 30.7 Å². The molecule has 0 aliphatic rings. The Morgan fingerprint density at radius 1 is 1.07 bits per heavy atom. The molecular formula is C25H26N2O2S. The lowest BCUT2D eigenvalue weighted by atomic mass is 9.93. The molecule has 0 saturated heterocycles. The highest BCUT2D eigenvalue weighted by Crippen LogP contribution is 2.37. The van der Waals surface area contributed by atoms with Crippen LogP contribution < -0.4 is 5.32 Å². The van der Waals surface area contributed by atoms with E-state index >= 15 is 0 Å². The Bertz CT molecular complexity index is 1090. The zero-order valence-electron chi connectivity index (χ0n) is 17.1. The van der Waals surface area contributed by atoms with Crippen molar-refractivity contribution in [2.24, 2.45) is 0 Å². The number of carbonyl (C=O) groups excluding carboxylic acids is 1. The third-order valence-corrected chi connectivity index (χ3v) is 6.28. The normalized spacial score (nSPS) is 12.2. The van der Waals surface area contributed by atoms with Gasteiger partial charge < -0.3 is 14.6 Å². The van der Waals surface area contributed by atoms with E-state index < -0.39 is 0 Å². The van der Waals surface area contributed by atoms with Gasteiger partial charge in [0.2, 0.25) is 5.91 Å². The van der Waals surface area contributed by atoms with Gasteiger partial charge in [-0.15, -0.1) is 11.3 Å². The van der Waals surface area contributed by atoms with Gasteiger partial charge in [-0.2, -0.15) is 0 Å². The van der Waals surface area contributed by atoms with Crippen LogP contribution >= 0.6 is 11.3 Å². The SMILES string of the molecule is COCCNC(=O)CC(c1cccs1)c1cn(Cc2ccccc2)c2ccccc12. The Hall–Kier alpha value is -2.89. The van der Waals surface area contributed by atoms with Crippen molar-refractivity contribution in [3.05, 3.63) is 94.3 Å². The Kier molecular flexibility index (Phi) is 6.62. The van der Waals surface area contributed by atoms with Crippen LogP contribution in [0, 0.1) is 0 Å². The number of rotatable bonds is 9. The summed E-state index contributed by atoms with van der Waals surface area (Å²) >= 11 is 1.70. The molecule has 1 N–H and O–H groups in total. The van der Waals surface area contributed by atoms with E-state index in [1.807, 2.05) is 6.07 Å². The average molecular weight is 419 g/mol. The minimum atomic E-state index is 0.0227. The molecule has 0 fully saturated rings. The number of benzene rings is 2. The molecule has 4 rings (SSSR count). The standard InChI is InChI=1S/C25H26N2O2S/c1-29-14-13-26-25(28)16-21(24-12-7-15-30-24)22-18-27(17-19-8-3-2-4-9-19)23-11-6-5-10-20(22)23/h2-12,15,18,21H,13-14,16-17H2,1H3,(H,26,28). The number of hydrogen-bond acceptors (Lipinski definition) is 3. The molecule has 30 heavy (non-hydrogen) atoms. The van der Waals surface area contributed by atoms with Crippen LogP contribution in [-0.2, 0) is 16.1 Å². The summed E-state index contributed by atoms with van der Waals surface area (Å²) in [4.78, 5) is 13.9. The van der Waals surface area contributed by atoms with Gasteiger partial charge in [0.25, 0.3) is 0 Å². The first-order valence-corrected chi connectivity index (χ1v) is 11.0. The predicted molar refractivity (Wildman–Crippen MR) is 123 cm³/mol. The van der Waals surface area contributed by atoms with Crippen molar-refractivity contribution in [2.75, 3.05) is 20.3 Å². The van der Waals surface area contributed by atoms with Gasteiger partial charge in [0.15, 0.2) is 0 Å². The molecule has 1 unspecified atom stereocenters. The summed E-state index contributed by atoms with van der Waals surface area (Å²) in [6, 6.07) is 23.1. The first-order chi connectivity index (χ1) is 14.8. The summed E-state index contributed by atoms with van der Waals surface area (Å²) in [6.45, 7) is 1.85. The van der Waals surface area contributed by atoms with Gasteiger partial charge in [0, 0.05) is 54.5 Å². The lowest BCUT2D eigenvalue weighted by Crippen LogP contribution is -2.28. The second-order valence-electron chi connectivity index (χ2n) is 7.33. The fourth-order valence-corrected chi connectivity index (χ4v) is 4.71. The van der Waals surface area contributed by atoms with Gasteiger partial charge in [0.1, 0.15) is 0 Å². The third kappa shape index (κ3) is 4.64. The summed E-state index contributed by atoms with van der Waals surface area (Å²) in [5, 5.41) is 6.26. The molecule has 0 saturated carbocycles. The fourth-order valence-electron chi connectivity index (χ4n) is 3.87. The molecule has 4 aromatic rings. The molecule has 0 spiro atoms. The first kappa shape index (κ1) is 20.4. The zero-order chi connectivity index (χ0) is 20.8. The van der Waals surface area contributed by atoms with Gasteiger partial charge in [-0.3, -0.25) is 4.79 Å². The molecule has 4 nitrogen and oxygen atoms in total. The molecule has 0 radical (unpaired) electrons. The van der Waals surface area contributed by atoms with Crippen LogP contribution in [0.25, 0.3) is 10.9 Å². The van der Waals surface area contributed by atoms with Crippen molar-refractivity contribution < 1.29 is 9.53 Å². The van der Waals surface area contributed by atoms with Crippen LogP contribution in [0.3, 0.4) is 0 Å². The van der Waals surface area contributed by atoms with Gasteiger partial charge in [-0.25, -0.2) is 0 Å². The maximum atomic E-state index is 12.7. The number of nitrogens with zero attached hydrogens (tertiary/aromatic N) is 1. The Morgan fingerprint density at radius 3 is 2.63 bits per heavy atom. The van der Waals surface area contributed by atoms with E-state index in [9.17, 15) is 4.79 Å². The number of ether oxygens (including phenoxy) is 1. The number of thiophene rings is 1. The molecule has 0 aliphatic heterocycles. The molecule has 2 aromatic heterocycles. The third-order valence-electron chi connectivity index (χ3n) is 5.30. The summed E-state index contributed by atoms with van der Waals surface area (Å²) in [5.41, 5.74) is 3.65. The van der Waals surface area contributed by atoms with E-state index in [4.69, 9.17) is 4.74 Å². The van der Waals surface area contributed by atoms with E-state index in [-0.39, 0.29) is 11.8 Å². The number of amides is 1. The number of nitrogens with one attached hydrogen (secondary N) is 1. The molecule has 5 heteroatoms. The molecule has 0 bridgehead atoms. The van der Waals surface area contributed by atoms with Crippen molar-refractivity contribution >= 4 is 28.1 Å². The second kappa shape index (κ2) is 9.74. The highest BCUT2D eigenvalue weighted by atomic mass is 32.1. The van der Waals surface area contributed by atoms with Crippen molar-refractivity contribution in [1.29, 1.82) is 0 Å². The monoisotopic (exact) mass is 418 g/mol. The first-order valence-electron chi connectivity index (χ1n) is 10.2. The van der Waals surface area contributed by atoms with E-state index in [1.165, 1.54) is 26.9 Å². The number of methoxy groups -OCH3 is 1. The van der Waals surface area contributed by atoms with E-state index in [1.54, 1.807) is 18.4 Å². The van der Waals surface area contributed by atoms with Gasteiger partial charge >= 0.3 is 0 Å². The number of fused-ring (bicyclic) bond motifs is 1. The Balaban J connectivity index is 1.70. The van der Waals surface area contributed by atoms with Crippen LogP contribution in [0.15, 0.2) is 78.3 Å². The van der Waals surface area contributed by atoms with Crippen LogP contribution in [0.4, 0.5) is 0 Å². The van der Waals surface area contributed by atoms with Gasteiger partial charge in [0.05, 0.1) is 6.61 Å². The van der Waals surface area contributed by atoms with Crippen LogP contribution in [0.1, 0.15) is 28.3 Å². The average Bonchev–Trinajstić information content (AvgIpc) is 3.42. The van der Waals surface area contributed by atoms with E-state index in [0.29, 0.717) is 19.6 Å². The molecular weight excluding hydrogens is 392 g/mol. The lowest BCUT2D eigenvalue weighted by Gasteiger charge is -2.15. The van der Waals surface area contributed by atoms with E-state index in [0.717, 1.165) is 6.54 Å². The smallest absolute Gasteiger partial charge is 0.221 e. The summed E-state index contributed by atoms with van der Waals surface area (Å²) in [6.07, 6.45) is 2.65. The van der Waals surface area contributed by atoms with Crippen molar-refractivity contribution in [1.82, 2.24) is 9.88 Å². The molecule has 154 valence electrons. The minimum Gasteiger partial charge on any atom is -0.383 e. The molecule has 2 aromatic carbocycles. The summed E-state index contributed by atoms with van der Waals surface area (Å²) in [7, 11) is 1.64. The van der Waals surface area contributed by atoms with Crippen molar-refractivity contribution in [3.8, 4) is 0 Å². The minimum absolute atomic E-state index is 0.0227. The predicted octanol–water partition coefficient (Wildman–Crippen LogP) is 5.04. The van der Waals surface area contributed by atoms with Gasteiger partial charge in [-0.05, 0) is 28.6 Å². The lowest BCUT2D eigenvalue weighted by molar-refractivity contribution is -0.121. The summed E-state index contributed by atoms with van der Waals surface area (Å²) in [5.74, 6) is 0.0693. The number of carbonyl (C=O) groups is 1. The van der Waals surface area contributed by atoms with Gasteiger partial charge in [-0.1, -0.05) is 54.6 Å². The molecule has 2 heterocycles. The maximum absolute atomic E-state index is 12.7. The molecule has 1 atom stereocenters. The number of hydrogen-bond donors (Lipinski definition) is 1. The molecule has 1 amide bonds. The molecule has 0 aliphatic carbocycles. The maximum Gasteiger partial charge on any atom is 0.221 e. The van der Waals surface area contributed by atoms with Crippen LogP contribution in [0.2, 0.25) is 0 Å².